The van der Waals surface area contributed by atoms with Crippen LogP contribution in [0.25, 0.3) is 10.8 Å². The number of rotatable bonds is 4. The Labute approximate surface area is 119 Å². The van der Waals surface area contributed by atoms with E-state index in [0.717, 1.165) is 28.8 Å². The van der Waals surface area contributed by atoms with E-state index in [1.165, 1.54) is 12.8 Å². The molecule has 1 aromatic carbocycles. The van der Waals surface area contributed by atoms with Crippen LogP contribution in [-0.4, -0.2) is 17.4 Å². The van der Waals surface area contributed by atoms with E-state index in [2.05, 4.69) is 24.1 Å². The van der Waals surface area contributed by atoms with Crippen molar-refractivity contribution in [1.82, 2.24) is 10.3 Å². The first kappa shape index (κ1) is 13.1. The number of nitrogens with zero attached hydrogens (tertiary/aromatic N) is 1. The highest BCUT2D eigenvalue weighted by atomic mass is 16.1. The lowest BCUT2D eigenvalue weighted by Gasteiger charge is -2.24. The average molecular weight is 268 g/mol. The summed E-state index contributed by atoms with van der Waals surface area (Å²) in [7, 11) is 0. The molecule has 1 aliphatic rings. The second kappa shape index (κ2) is 4.89. The first-order valence-electron chi connectivity index (χ1n) is 7.19. The summed E-state index contributed by atoms with van der Waals surface area (Å²) < 4.78 is 0. The summed E-state index contributed by atoms with van der Waals surface area (Å²) in [5, 5.41) is 5.06. The number of aromatic nitrogens is 1. The molecule has 0 aliphatic heterocycles. The van der Waals surface area contributed by atoms with Crippen LogP contribution in [0, 0.1) is 11.3 Å². The molecule has 1 N–H and O–H groups in total. The Balaban J connectivity index is 1.79. The van der Waals surface area contributed by atoms with E-state index < -0.39 is 0 Å². The average Bonchev–Trinajstić information content (AvgIpc) is 3.29. The molecule has 1 aromatic heterocycles. The third-order valence-corrected chi connectivity index (χ3v) is 4.31. The van der Waals surface area contributed by atoms with Crippen LogP contribution in [0.5, 0.6) is 0 Å². The van der Waals surface area contributed by atoms with E-state index in [1.807, 2.05) is 24.3 Å². The zero-order valence-electron chi connectivity index (χ0n) is 12.0. The highest BCUT2D eigenvalue weighted by Gasteiger charge is 2.37. The molecular formula is C17H20N2O. The van der Waals surface area contributed by atoms with Crippen molar-refractivity contribution in [3.8, 4) is 0 Å². The molecule has 0 unspecified atom stereocenters. The largest absolute Gasteiger partial charge is 0.351 e. The van der Waals surface area contributed by atoms with Crippen molar-refractivity contribution in [1.29, 1.82) is 0 Å². The molecule has 1 saturated carbocycles. The van der Waals surface area contributed by atoms with Crippen LogP contribution < -0.4 is 5.32 Å². The SMILES string of the molecule is CC(C)(CNC(=O)c1cccc2cnccc12)C1CC1. The predicted molar refractivity (Wildman–Crippen MR) is 80.6 cm³/mol. The minimum Gasteiger partial charge on any atom is -0.351 e. The van der Waals surface area contributed by atoms with Gasteiger partial charge in [-0.2, -0.15) is 0 Å². The molecule has 0 saturated heterocycles. The number of carbonyl (C=O) groups excluding carboxylic acids is 1. The first-order chi connectivity index (χ1) is 9.58. The Morgan fingerprint density at radius 2 is 2.15 bits per heavy atom. The van der Waals surface area contributed by atoms with Crippen molar-refractivity contribution in [2.75, 3.05) is 6.54 Å². The molecule has 3 heteroatoms. The number of hydrogen-bond acceptors (Lipinski definition) is 2. The zero-order valence-corrected chi connectivity index (χ0v) is 12.0. The molecule has 1 aliphatic carbocycles. The van der Waals surface area contributed by atoms with Crippen LogP contribution in [-0.2, 0) is 0 Å². The van der Waals surface area contributed by atoms with Gasteiger partial charge < -0.3 is 5.32 Å². The van der Waals surface area contributed by atoms with Crippen LogP contribution in [0.4, 0.5) is 0 Å². The number of nitrogens with one attached hydrogen (secondary N) is 1. The highest BCUT2D eigenvalue weighted by molar-refractivity contribution is 6.06. The van der Waals surface area contributed by atoms with Crippen LogP contribution in [0.15, 0.2) is 36.7 Å². The minimum absolute atomic E-state index is 0.00975. The van der Waals surface area contributed by atoms with Gasteiger partial charge in [-0.05, 0) is 41.7 Å². The Bertz CT molecular complexity index is 639. The van der Waals surface area contributed by atoms with E-state index in [1.54, 1.807) is 12.4 Å². The topological polar surface area (TPSA) is 42.0 Å². The van der Waals surface area contributed by atoms with Gasteiger partial charge in [0.2, 0.25) is 0 Å². The van der Waals surface area contributed by atoms with Crippen LogP contribution in [0.3, 0.4) is 0 Å². The zero-order chi connectivity index (χ0) is 14.2. The Morgan fingerprint density at radius 3 is 2.90 bits per heavy atom. The number of fused-ring (bicyclic) bond motifs is 1. The van der Waals surface area contributed by atoms with Gasteiger partial charge in [-0.1, -0.05) is 26.0 Å². The van der Waals surface area contributed by atoms with Crippen molar-refractivity contribution in [3.63, 3.8) is 0 Å². The summed E-state index contributed by atoms with van der Waals surface area (Å²) in [6.07, 6.45) is 6.11. The number of hydrogen-bond donors (Lipinski definition) is 1. The molecule has 104 valence electrons. The molecular weight excluding hydrogens is 248 g/mol. The third-order valence-electron chi connectivity index (χ3n) is 4.31. The van der Waals surface area contributed by atoms with Crippen molar-refractivity contribution in [2.24, 2.45) is 11.3 Å². The fraction of sp³-hybridized carbons (Fsp3) is 0.412. The highest BCUT2D eigenvalue weighted by Crippen LogP contribution is 2.44. The predicted octanol–water partition coefficient (Wildman–Crippen LogP) is 3.40. The van der Waals surface area contributed by atoms with Gasteiger partial charge in [0, 0.05) is 29.9 Å². The van der Waals surface area contributed by atoms with Crippen molar-refractivity contribution >= 4 is 16.7 Å². The molecule has 0 radical (unpaired) electrons. The molecule has 0 bridgehead atoms. The molecule has 2 aromatic rings. The number of amides is 1. The van der Waals surface area contributed by atoms with E-state index in [0.29, 0.717) is 0 Å². The molecule has 3 rings (SSSR count). The van der Waals surface area contributed by atoms with Crippen LogP contribution >= 0.6 is 0 Å². The van der Waals surface area contributed by atoms with Gasteiger partial charge >= 0.3 is 0 Å². The maximum absolute atomic E-state index is 12.4. The second-order valence-corrected chi connectivity index (χ2v) is 6.35. The fourth-order valence-electron chi connectivity index (χ4n) is 2.73. The normalized spacial score (nSPS) is 15.3. The summed E-state index contributed by atoms with van der Waals surface area (Å²) in [6, 6.07) is 7.66. The molecule has 3 nitrogen and oxygen atoms in total. The fourth-order valence-corrected chi connectivity index (χ4v) is 2.73. The van der Waals surface area contributed by atoms with E-state index in [9.17, 15) is 4.79 Å². The standard InChI is InChI=1S/C17H20N2O/c1-17(2,13-6-7-13)11-19-16(20)15-5-3-4-12-10-18-9-8-14(12)15/h3-5,8-10,13H,6-7,11H2,1-2H3,(H,19,20). The lowest BCUT2D eigenvalue weighted by atomic mass is 9.87. The summed E-state index contributed by atoms with van der Waals surface area (Å²) in [5.74, 6) is 0.773. The quantitative estimate of drug-likeness (QED) is 0.923. The Hall–Kier alpha value is -1.90. The molecule has 1 amide bonds. The van der Waals surface area contributed by atoms with Crippen LogP contribution in [0.1, 0.15) is 37.0 Å². The van der Waals surface area contributed by atoms with Gasteiger partial charge in [0.15, 0.2) is 0 Å². The minimum atomic E-state index is 0.00975. The van der Waals surface area contributed by atoms with Crippen molar-refractivity contribution in [2.45, 2.75) is 26.7 Å². The van der Waals surface area contributed by atoms with E-state index in [4.69, 9.17) is 0 Å². The number of carbonyl (C=O) groups is 1. The summed E-state index contributed by atoms with van der Waals surface area (Å²) >= 11 is 0. The first-order valence-corrected chi connectivity index (χ1v) is 7.19. The van der Waals surface area contributed by atoms with Gasteiger partial charge in [0.25, 0.3) is 5.91 Å². The summed E-state index contributed by atoms with van der Waals surface area (Å²) in [5.41, 5.74) is 0.929. The van der Waals surface area contributed by atoms with Crippen LogP contribution in [0.2, 0.25) is 0 Å². The number of benzene rings is 1. The lowest BCUT2D eigenvalue weighted by molar-refractivity contribution is 0.0933. The molecule has 20 heavy (non-hydrogen) atoms. The molecule has 1 heterocycles. The maximum Gasteiger partial charge on any atom is 0.251 e. The van der Waals surface area contributed by atoms with Crippen molar-refractivity contribution in [3.05, 3.63) is 42.2 Å². The number of pyridine rings is 1. The second-order valence-electron chi connectivity index (χ2n) is 6.35. The van der Waals surface area contributed by atoms with Crippen molar-refractivity contribution < 1.29 is 4.79 Å². The van der Waals surface area contributed by atoms with Gasteiger partial charge in [0.1, 0.15) is 0 Å². The smallest absolute Gasteiger partial charge is 0.251 e. The lowest BCUT2D eigenvalue weighted by Crippen LogP contribution is -2.35. The maximum atomic E-state index is 12.4. The van der Waals surface area contributed by atoms with Gasteiger partial charge in [-0.3, -0.25) is 9.78 Å². The summed E-state index contributed by atoms with van der Waals surface area (Å²) in [6.45, 7) is 5.20. The Kier molecular flexibility index (Phi) is 3.20. The van der Waals surface area contributed by atoms with Gasteiger partial charge in [-0.15, -0.1) is 0 Å². The van der Waals surface area contributed by atoms with Gasteiger partial charge in [-0.25, -0.2) is 0 Å². The third kappa shape index (κ3) is 2.53. The van der Waals surface area contributed by atoms with E-state index in [-0.39, 0.29) is 11.3 Å². The summed E-state index contributed by atoms with van der Waals surface area (Å²) in [4.78, 5) is 16.5. The molecule has 0 spiro atoms. The monoisotopic (exact) mass is 268 g/mol. The Morgan fingerprint density at radius 1 is 1.35 bits per heavy atom. The van der Waals surface area contributed by atoms with Gasteiger partial charge in [0.05, 0.1) is 0 Å². The molecule has 1 fully saturated rings. The van der Waals surface area contributed by atoms with E-state index >= 15 is 0 Å². The molecule has 0 atom stereocenters.